The largest absolute Gasteiger partial charge is 0.454 e. The van der Waals surface area contributed by atoms with E-state index in [1.54, 1.807) is 0 Å². The number of benzene rings is 8. The average Bonchev–Trinajstić information content (AvgIpc) is 3.86. The molecule has 0 saturated carbocycles. The van der Waals surface area contributed by atoms with Crippen molar-refractivity contribution in [1.29, 1.82) is 0 Å². The molecule has 0 aliphatic heterocycles. The molecule has 0 N–H and O–H groups in total. The van der Waals surface area contributed by atoms with Gasteiger partial charge in [-0.15, -0.1) is 0 Å². The monoisotopic (exact) mass is 650 g/mol. The molecule has 0 spiro atoms. The molecule has 238 valence electrons. The van der Waals surface area contributed by atoms with Crippen molar-refractivity contribution in [2.75, 3.05) is 0 Å². The maximum absolute atomic E-state index is 6.75. The van der Waals surface area contributed by atoms with Crippen molar-refractivity contribution in [3.8, 4) is 33.6 Å². The molecule has 0 bridgehead atoms. The zero-order valence-electron chi connectivity index (χ0n) is 27.6. The van der Waals surface area contributed by atoms with Crippen LogP contribution in [0.3, 0.4) is 0 Å². The topological polar surface area (TPSA) is 23.0 Å². The van der Waals surface area contributed by atoms with Crippen LogP contribution in [-0.4, -0.2) is 9.13 Å². The van der Waals surface area contributed by atoms with Crippen molar-refractivity contribution in [3.05, 3.63) is 182 Å². The van der Waals surface area contributed by atoms with E-state index < -0.39 is 0 Å². The summed E-state index contributed by atoms with van der Waals surface area (Å²) in [6.07, 6.45) is 0. The smallest absolute Gasteiger partial charge is 0.160 e. The first-order valence-electron chi connectivity index (χ1n) is 17.4. The maximum atomic E-state index is 6.75. The van der Waals surface area contributed by atoms with Gasteiger partial charge in [0.05, 0.1) is 27.8 Å². The van der Waals surface area contributed by atoms with Gasteiger partial charge in [-0.05, 0) is 76.9 Å². The first kappa shape index (κ1) is 28.0. The van der Waals surface area contributed by atoms with Crippen molar-refractivity contribution in [3.63, 3.8) is 0 Å². The molecule has 0 amide bonds. The molecule has 3 aromatic heterocycles. The van der Waals surface area contributed by atoms with Crippen LogP contribution in [-0.2, 0) is 0 Å². The van der Waals surface area contributed by atoms with E-state index in [0.29, 0.717) is 0 Å². The highest BCUT2D eigenvalue weighted by Crippen LogP contribution is 2.43. The normalized spacial score (nSPS) is 11.9. The minimum absolute atomic E-state index is 0.892. The molecule has 51 heavy (non-hydrogen) atoms. The van der Waals surface area contributed by atoms with Crippen LogP contribution >= 0.6 is 0 Å². The van der Waals surface area contributed by atoms with E-state index in [1.807, 2.05) is 6.07 Å². The van der Waals surface area contributed by atoms with E-state index in [9.17, 15) is 0 Å². The molecule has 3 nitrogen and oxygen atoms in total. The van der Waals surface area contributed by atoms with Crippen LogP contribution < -0.4 is 0 Å². The molecule has 0 fully saturated rings. The van der Waals surface area contributed by atoms with Gasteiger partial charge in [-0.2, -0.15) is 0 Å². The minimum atomic E-state index is 0.892. The molecule has 0 unspecified atom stereocenters. The summed E-state index contributed by atoms with van der Waals surface area (Å²) in [6.45, 7) is 0. The first-order valence-corrected chi connectivity index (χ1v) is 17.4. The van der Waals surface area contributed by atoms with Crippen molar-refractivity contribution in [1.82, 2.24) is 9.13 Å². The fourth-order valence-electron chi connectivity index (χ4n) is 8.27. The highest BCUT2D eigenvalue weighted by Gasteiger charge is 2.21. The molecule has 3 heteroatoms. The van der Waals surface area contributed by atoms with Gasteiger partial charge in [-0.25, -0.2) is 0 Å². The second-order valence-electron chi connectivity index (χ2n) is 13.3. The number of aromatic nitrogens is 2. The molecule has 0 aliphatic carbocycles. The second-order valence-corrected chi connectivity index (χ2v) is 13.3. The van der Waals surface area contributed by atoms with E-state index in [-0.39, 0.29) is 0 Å². The number of hydrogen-bond acceptors (Lipinski definition) is 1. The van der Waals surface area contributed by atoms with E-state index >= 15 is 0 Å². The van der Waals surface area contributed by atoms with Crippen molar-refractivity contribution in [2.45, 2.75) is 0 Å². The SMILES string of the molecule is c1ccc(-c2ccc(-n3c4ccccc4c4cc(-c5ccc6c7ccccc7n(-c7ccccc7)c6c5)ccc43)c3oc4ccccc4c23)cc1. The Morgan fingerprint density at radius 2 is 0.941 bits per heavy atom. The highest BCUT2D eigenvalue weighted by atomic mass is 16.3. The van der Waals surface area contributed by atoms with Crippen LogP contribution in [0.4, 0.5) is 0 Å². The van der Waals surface area contributed by atoms with E-state index in [4.69, 9.17) is 4.42 Å². The van der Waals surface area contributed by atoms with Crippen molar-refractivity contribution >= 4 is 65.6 Å². The van der Waals surface area contributed by atoms with Crippen LogP contribution in [0.15, 0.2) is 186 Å². The molecule has 3 heterocycles. The third-order valence-electron chi connectivity index (χ3n) is 10.5. The number of nitrogens with zero attached hydrogens (tertiary/aromatic N) is 2. The lowest BCUT2D eigenvalue weighted by molar-refractivity contribution is 0.666. The van der Waals surface area contributed by atoms with Crippen LogP contribution in [0.25, 0.3) is 99.2 Å². The Morgan fingerprint density at radius 1 is 0.353 bits per heavy atom. The third kappa shape index (κ3) is 4.12. The van der Waals surface area contributed by atoms with Crippen LogP contribution in [0.2, 0.25) is 0 Å². The Kier molecular flexibility index (Phi) is 5.96. The van der Waals surface area contributed by atoms with Crippen molar-refractivity contribution in [2.24, 2.45) is 0 Å². The zero-order chi connectivity index (χ0) is 33.5. The van der Waals surface area contributed by atoms with Gasteiger partial charge in [0.1, 0.15) is 5.58 Å². The lowest BCUT2D eigenvalue weighted by Gasteiger charge is -2.12. The summed E-state index contributed by atoms with van der Waals surface area (Å²) in [5.41, 5.74) is 13.4. The van der Waals surface area contributed by atoms with Gasteiger partial charge in [0.15, 0.2) is 5.58 Å². The summed E-state index contributed by atoms with van der Waals surface area (Å²) in [5, 5.41) is 7.20. The Balaban J connectivity index is 1.15. The number of fused-ring (bicyclic) bond motifs is 9. The van der Waals surface area contributed by atoms with E-state index in [0.717, 1.165) is 44.3 Å². The summed E-state index contributed by atoms with van der Waals surface area (Å²) >= 11 is 0. The van der Waals surface area contributed by atoms with Crippen LogP contribution in [0.5, 0.6) is 0 Å². The molecule has 0 saturated heterocycles. The fourth-order valence-corrected chi connectivity index (χ4v) is 8.27. The summed E-state index contributed by atoms with van der Waals surface area (Å²) in [7, 11) is 0. The van der Waals surface area contributed by atoms with Crippen LogP contribution in [0, 0.1) is 0 Å². The molecular weight excluding hydrogens is 621 g/mol. The van der Waals surface area contributed by atoms with Gasteiger partial charge >= 0.3 is 0 Å². The minimum Gasteiger partial charge on any atom is -0.454 e. The highest BCUT2D eigenvalue weighted by molar-refractivity contribution is 6.17. The molecule has 11 rings (SSSR count). The summed E-state index contributed by atoms with van der Waals surface area (Å²) in [6, 6.07) is 65.4. The third-order valence-corrected chi connectivity index (χ3v) is 10.5. The second kappa shape index (κ2) is 10.8. The number of furan rings is 1. The Labute approximate surface area is 293 Å². The van der Waals surface area contributed by atoms with Gasteiger partial charge < -0.3 is 13.6 Å². The van der Waals surface area contributed by atoms with Crippen molar-refractivity contribution < 1.29 is 4.42 Å². The lowest BCUT2D eigenvalue weighted by atomic mass is 9.98. The average molecular weight is 651 g/mol. The number of hydrogen-bond donors (Lipinski definition) is 0. The maximum Gasteiger partial charge on any atom is 0.160 e. The summed E-state index contributed by atoms with van der Waals surface area (Å²) < 4.78 is 11.5. The predicted octanol–water partition coefficient (Wildman–Crippen LogP) is 13.1. The standard InChI is InChI=1S/C48H30N2O/c1-3-13-31(14-4-1)35-26-28-44(48-47(35)39-19-9-12-22-46(39)51-48)50-42-21-11-8-18-37(42)40-29-32(24-27-43(40)50)33-23-25-38-36-17-7-10-20-41(36)49(45(38)30-33)34-15-5-2-6-16-34/h1-30H. The molecule has 0 aliphatic rings. The molecule has 0 atom stereocenters. The number of para-hydroxylation sites is 4. The Morgan fingerprint density at radius 3 is 1.75 bits per heavy atom. The Hall–Kier alpha value is -6.84. The molecular formula is C48H30N2O. The zero-order valence-corrected chi connectivity index (χ0v) is 27.6. The van der Waals surface area contributed by atoms with Gasteiger partial charge in [0.2, 0.25) is 0 Å². The molecule has 0 radical (unpaired) electrons. The van der Waals surface area contributed by atoms with Gasteiger partial charge in [0, 0.05) is 38.0 Å². The predicted molar refractivity (Wildman–Crippen MR) is 213 cm³/mol. The fraction of sp³-hybridized carbons (Fsp3) is 0. The Bertz CT molecular complexity index is 3130. The molecule has 8 aromatic carbocycles. The summed E-state index contributed by atoms with van der Waals surface area (Å²) in [4.78, 5) is 0. The quantitative estimate of drug-likeness (QED) is 0.186. The van der Waals surface area contributed by atoms with Gasteiger partial charge in [-0.1, -0.05) is 127 Å². The molecule has 11 aromatic rings. The lowest BCUT2D eigenvalue weighted by Crippen LogP contribution is -1.95. The summed E-state index contributed by atoms with van der Waals surface area (Å²) in [5.74, 6) is 0. The van der Waals surface area contributed by atoms with E-state index in [2.05, 4.69) is 185 Å². The van der Waals surface area contributed by atoms with Crippen LogP contribution in [0.1, 0.15) is 0 Å². The van der Waals surface area contributed by atoms with Gasteiger partial charge in [-0.3, -0.25) is 0 Å². The van der Waals surface area contributed by atoms with Gasteiger partial charge in [0.25, 0.3) is 0 Å². The first-order chi connectivity index (χ1) is 25.3. The number of rotatable bonds is 4. The van der Waals surface area contributed by atoms with E-state index in [1.165, 1.54) is 54.8 Å².